The van der Waals surface area contributed by atoms with Gasteiger partial charge in [-0.3, -0.25) is 9.89 Å². The molecule has 0 aromatic carbocycles. The van der Waals surface area contributed by atoms with Gasteiger partial charge in [-0.05, 0) is 44.0 Å². The minimum absolute atomic E-state index is 0.0795. The van der Waals surface area contributed by atoms with Gasteiger partial charge < -0.3 is 14.4 Å². The first-order valence-electron chi connectivity index (χ1n) is 13.2. The molecular weight excluding hydrogens is 478 g/mol. The summed E-state index contributed by atoms with van der Waals surface area (Å²) in [6, 6.07) is 11.5. The van der Waals surface area contributed by atoms with Crippen LogP contribution in [0.1, 0.15) is 37.1 Å². The Hall–Kier alpha value is -3.98. The van der Waals surface area contributed by atoms with E-state index in [-0.39, 0.29) is 6.10 Å². The summed E-state index contributed by atoms with van der Waals surface area (Å²) in [6.07, 6.45) is 9.12. The van der Waals surface area contributed by atoms with E-state index < -0.39 is 0 Å². The molecule has 38 heavy (non-hydrogen) atoms. The van der Waals surface area contributed by atoms with Gasteiger partial charge in [0.15, 0.2) is 0 Å². The zero-order chi connectivity index (χ0) is 25.8. The van der Waals surface area contributed by atoms with Crippen LogP contribution in [-0.4, -0.2) is 69.1 Å². The van der Waals surface area contributed by atoms with Gasteiger partial charge in [-0.25, -0.2) is 14.5 Å². The Balaban J connectivity index is 1.11. The highest BCUT2D eigenvalue weighted by Gasteiger charge is 2.44. The number of aromatic nitrogens is 4. The van der Waals surface area contributed by atoms with E-state index in [4.69, 9.17) is 19.6 Å². The molecule has 4 aromatic rings. The molecular formula is C29H31N7O2. The number of hydrogen-bond donors (Lipinski definition) is 0. The molecule has 3 saturated heterocycles. The van der Waals surface area contributed by atoms with E-state index in [0.717, 1.165) is 59.1 Å². The molecule has 8 rings (SSSR count). The summed E-state index contributed by atoms with van der Waals surface area (Å²) in [4.78, 5) is 18.7. The molecule has 0 saturated carbocycles. The summed E-state index contributed by atoms with van der Waals surface area (Å²) in [5, 5.41) is 4.77. The summed E-state index contributed by atoms with van der Waals surface area (Å²) in [6.45, 7) is 7.60. The first kappa shape index (κ1) is 23.2. The van der Waals surface area contributed by atoms with E-state index in [9.17, 15) is 0 Å². The lowest BCUT2D eigenvalue weighted by molar-refractivity contribution is -0.00876. The van der Waals surface area contributed by atoms with Crippen molar-refractivity contribution in [3.63, 3.8) is 0 Å². The average molecular weight is 510 g/mol. The third kappa shape index (κ3) is 3.98. The summed E-state index contributed by atoms with van der Waals surface area (Å²) in [7, 11) is 1.65. The average Bonchev–Trinajstić information content (AvgIpc) is 3.53. The number of pyridine rings is 3. The van der Waals surface area contributed by atoms with Gasteiger partial charge in [0, 0.05) is 73.1 Å². The van der Waals surface area contributed by atoms with E-state index in [2.05, 4.69) is 44.0 Å². The summed E-state index contributed by atoms with van der Waals surface area (Å²) in [5.74, 6) is 2.48. The van der Waals surface area contributed by atoms with Gasteiger partial charge >= 0.3 is 0 Å². The highest BCUT2D eigenvalue weighted by Crippen LogP contribution is 2.37. The van der Waals surface area contributed by atoms with Crippen LogP contribution in [0.3, 0.4) is 0 Å². The number of nitrogens with zero attached hydrogens (tertiary/aromatic N) is 7. The smallest absolute Gasteiger partial charge is 0.212 e. The maximum absolute atomic E-state index is 6.05. The number of anilines is 1. The van der Waals surface area contributed by atoms with Crippen molar-refractivity contribution in [2.75, 3.05) is 25.1 Å². The van der Waals surface area contributed by atoms with Gasteiger partial charge in [0.25, 0.3) is 0 Å². The molecule has 4 aliphatic rings. The molecule has 0 radical (unpaired) electrons. The largest absolute Gasteiger partial charge is 0.489 e. The second kappa shape index (κ2) is 9.09. The molecule has 8 heterocycles. The predicted molar refractivity (Wildman–Crippen MR) is 146 cm³/mol. The van der Waals surface area contributed by atoms with Crippen LogP contribution in [0.25, 0.3) is 16.6 Å². The third-order valence-corrected chi connectivity index (χ3v) is 7.75. The van der Waals surface area contributed by atoms with Crippen molar-refractivity contribution in [1.29, 1.82) is 0 Å². The number of piperazine rings is 1. The molecule has 4 aliphatic heterocycles. The molecule has 9 nitrogen and oxygen atoms in total. The normalized spacial score (nSPS) is 20.2. The fraction of sp³-hybridized carbons (Fsp3) is 0.379. The second-order valence-electron chi connectivity index (χ2n) is 10.6. The Kier molecular flexibility index (Phi) is 5.54. The van der Waals surface area contributed by atoms with Crippen molar-refractivity contribution >= 4 is 17.5 Å². The number of hydrogen-bond acceptors (Lipinski definition) is 8. The Bertz CT molecular complexity index is 1500. The van der Waals surface area contributed by atoms with E-state index in [0.29, 0.717) is 24.5 Å². The summed E-state index contributed by atoms with van der Waals surface area (Å²) < 4.78 is 13.2. The number of methoxy groups -OCH3 is 1. The van der Waals surface area contributed by atoms with Gasteiger partial charge in [0.1, 0.15) is 11.6 Å². The monoisotopic (exact) mass is 509 g/mol. The standard InChI is InChI=1S/C29H31N7O2/c1-18(2)38-23-9-24(29-25-12-30-13-26(25)33-36(29)17-23)20-5-6-27(31-11-20)34-15-21-8-22(16-34)35(21)14-19-4-7-28(37-3)32-10-19/h4-7,9-12,17-18,21-22H,8,13-16H2,1-3H3. The molecule has 2 atom stereocenters. The van der Waals surface area contributed by atoms with Crippen LogP contribution in [0.5, 0.6) is 11.6 Å². The maximum atomic E-state index is 6.05. The molecule has 194 valence electrons. The van der Waals surface area contributed by atoms with Crippen LogP contribution >= 0.6 is 0 Å². The number of fused-ring (bicyclic) bond motifs is 5. The van der Waals surface area contributed by atoms with Crippen LogP contribution < -0.4 is 14.4 Å². The van der Waals surface area contributed by atoms with E-state index in [1.54, 1.807) is 7.11 Å². The molecule has 2 bridgehead atoms. The van der Waals surface area contributed by atoms with Crippen molar-refractivity contribution in [3.8, 4) is 22.8 Å². The zero-order valence-electron chi connectivity index (χ0n) is 21.9. The first-order chi connectivity index (χ1) is 18.6. The SMILES string of the molecule is COc1ccc(CN2C3CC2CN(c2ccc(-c4cc(OC(C)C)cn5nc6c(c45)C=NC6)cn2)C3)cn1. The minimum atomic E-state index is 0.0795. The van der Waals surface area contributed by atoms with Gasteiger partial charge in [0.05, 0.1) is 37.2 Å². The van der Waals surface area contributed by atoms with E-state index in [1.165, 1.54) is 12.0 Å². The fourth-order valence-electron chi connectivity index (χ4n) is 5.96. The number of piperidine rings is 1. The van der Waals surface area contributed by atoms with E-state index >= 15 is 0 Å². The van der Waals surface area contributed by atoms with Crippen LogP contribution in [0, 0.1) is 0 Å². The predicted octanol–water partition coefficient (Wildman–Crippen LogP) is 3.98. The molecule has 3 fully saturated rings. The van der Waals surface area contributed by atoms with Crippen LogP contribution in [0.4, 0.5) is 5.82 Å². The lowest BCUT2D eigenvalue weighted by Crippen LogP contribution is -2.68. The summed E-state index contributed by atoms with van der Waals surface area (Å²) in [5.41, 5.74) is 6.47. The molecule has 4 aromatic heterocycles. The Morgan fingerprint density at radius 1 is 1.05 bits per heavy atom. The molecule has 0 amide bonds. The Morgan fingerprint density at radius 2 is 1.92 bits per heavy atom. The van der Waals surface area contributed by atoms with Crippen molar-refractivity contribution in [2.24, 2.45) is 4.99 Å². The Morgan fingerprint density at radius 3 is 2.63 bits per heavy atom. The fourth-order valence-corrected chi connectivity index (χ4v) is 5.96. The van der Waals surface area contributed by atoms with Crippen molar-refractivity contribution < 1.29 is 9.47 Å². The molecule has 0 aliphatic carbocycles. The molecule has 9 heteroatoms. The van der Waals surface area contributed by atoms with Crippen LogP contribution in [-0.2, 0) is 13.1 Å². The number of aliphatic imine (C=N–C) groups is 1. The summed E-state index contributed by atoms with van der Waals surface area (Å²) >= 11 is 0. The van der Waals surface area contributed by atoms with Gasteiger partial charge in [-0.2, -0.15) is 5.10 Å². The van der Waals surface area contributed by atoms with Gasteiger partial charge in [-0.1, -0.05) is 6.07 Å². The van der Waals surface area contributed by atoms with Crippen LogP contribution in [0.15, 0.2) is 53.9 Å². The third-order valence-electron chi connectivity index (χ3n) is 7.75. The minimum Gasteiger partial charge on any atom is -0.489 e. The van der Waals surface area contributed by atoms with Crippen LogP contribution in [0.2, 0.25) is 0 Å². The lowest BCUT2D eigenvalue weighted by atomic mass is 9.87. The zero-order valence-corrected chi connectivity index (χ0v) is 21.9. The Labute approximate surface area is 221 Å². The molecule has 2 unspecified atom stereocenters. The molecule has 0 N–H and O–H groups in total. The highest BCUT2D eigenvalue weighted by atomic mass is 16.5. The lowest BCUT2D eigenvalue weighted by Gasteiger charge is -2.56. The number of rotatable bonds is 7. The first-order valence-corrected chi connectivity index (χ1v) is 13.2. The topological polar surface area (TPSA) is 80.4 Å². The maximum Gasteiger partial charge on any atom is 0.212 e. The van der Waals surface area contributed by atoms with E-state index in [1.807, 2.05) is 49.2 Å². The quantitative estimate of drug-likeness (QED) is 0.373. The molecule has 0 spiro atoms. The second-order valence-corrected chi connectivity index (χ2v) is 10.6. The van der Waals surface area contributed by atoms with Crippen molar-refractivity contribution in [3.05, 3.63) is 65.7 Å². The number of ether oxygens (including phenoxy) is 2. The van der Waals surface area contributed by atoms with Crippen molar-refractivity contribution in [1.82, 2.24) is 24.5 Å². The highest BCUT2D eigenvalue weighted by molar-refractivity contribution is 5.99. The van der Waals surface area contributed by atoms with Gasteiger partial charge in [0.2, 0.25) is 5.88 Å². The van der Waals surface area contributed by atoms with Gasteiger partial charge in [-0.15, -0.1) is 0 Å². The van der Waals surface area contributed by atoms with Crippen molar-refractivity contribution in [2.45, 2.75) is 51.5 Å².